The van der Waals surface area contributed by atoms with Crippen LogP contribution < -0.4 is 5.32 Å². The number of ether oxygens (including phenoxy) is 1. The number of hydrogen-bond donors (Lipinski definition) is 2. The number of amides is 1. The fourth-order valence-electron chi connectivity index (χ4n) is 4.42. The van der Waals surface area contributed by atoms with Gasteiger partial charge in [-0.2, -0.15) is 0 Å². The monoisotopic (exact) mass is 417 g/mol. The van der Waals surface area contributed by atoms with Gasteiger partial charge in [0.05, 0.1) is 12.1 Å². The number of carbonyl (C=O) groups is 1. The summed E-state index contributed by atoms with van der Waals surface area (Å²) in [6.45, 7) is 9.64. The molecule has 1 amide bonds. The third-order valence-electron chi connectivity index (χ3n) is 6.33. The van der Waals surface area contributed by atoms with E-state index in [9.17, 15) is 9.90 Å². The van der Waals surface area contributed by atoms with E-state index < -0.39 is 17.2 Å². The lowest BCUT2D eigenvalue weighted by atomic mass is 9.73. The van der Waals surface area contributed by atoms with Crippen molar-refractivity contribution in [1.29, 1.82) is 0 Å². The molecule has 0 bridgehead atoms. The maximum Gasteiger partial charge on any atom is 0.408 e. The molecule has 1 aromatic rings. The molecule has 2 unspecified atom stereocenters. The first kappa shape index (κ1) is 24.7. The maximum absolute atomic E-state index is 12.3. The number of fused-ring (bicyclic) bond motifs is 1. The largest absolute Gasteiger partial charge is 0.444 e. The smallest absolute Gasteiger partial charge is 0.408 e. The molecule has 0 aromatic heterocycles. The molecule has 2 rings (SSSR count). The number of rotatable bonds is 10. The minimum atomic E-state index is -0.683. The molecule has 0 radical (unpaired) electrons. The van der Waals surface area contributed by atoms with Gasteiger partial charge in [-0.05, 0) is 82.4 Å². The summed E-state index contributed by atoms with van der Waals surface area (Å²) in [6, 6.07) is 6.92. The Morgan fingerprint density at radius 3 is 2.47 bits per heavy atom. The van der Waals surface area contributed by atoms with Crippen molar-refractivity contribution >= 4 is 6.09 Å². The Bertz CT molecular complexity index is 679. The molecule has 4 heteroatoms. The van der Waals surface area contributed by atoms with E-state index in [1.54, 1.807) is 0 Å². The van der Waals surface area contributed by atoms with E-state index in [2.05, 4.69) is 30.4 Å². The molecule has 0 fully saturated rings. The molecule has 1 aliphatic carbocycles. The number of aliphatic hydroxyl groups excluding tert-OH is 1. The summed E-state index contributed by atoms with van der Waals surface area (Å²) in [7, 11) is 0. The topological polar surface area (TPSA) is 58.6 Å². The lowest BCUT2D eigenvalue weighted by Crippen LogP contribution is -2.56. The quantitative estimate of drug-likeness (QED) is 0.461. The van der Waals surface area contributed by atoms with Crippen LogP contribution in [0.4, 0.5) is 4.79 Å². The minimum Gasteiger partial charge on any atom is -0.444 e. The molecule has 1 aliphatic rings. The molecular formula is C26H43NO3. The average molecular weight is 418 g/mol. The van der Waals surface area contributed by atoms with Gasteiger partial charge in [-0.15, -0.1) is 0 Å². The second-order valence-corrected chi connectivity index (χ2v) is 10.3. The molecule has 4 nitrogen and oxygen atoms in total. The van der Waals surface area contributed by atoms with Crippen molar-refractivity contribution in [3.05, 3.63) is 34.9 Å². The Morgan fingerprint density at radius 1 is 1.10 bits per heavy atom. The SMILES string of the molecule is CCCCCCCCc1ccc2c(c1)CCC(C(C)(CO)NC(=O)OC(C)(C)C)C2. The van der Waals surface area contributed by atoms with Crippen molar-refractivity contribution in [3.63, 3.8) is 0 Å². The Labute approximate surface area is 183 Å². The van der Waals surface area contributed by atoms with Gasteiger partial charge < -0.3 is 15.2 Å². The molecular weight excluding hydrogens is 374 g/mol. The number of alkyl carbamates (subject to hydrolysis) is 1. The van der Waals surface area contributed by atoms with Crippen LogP contribution in [0.3, 0.4) is 0 Å². The van der Waals surface area contributed by atoms with Crippen molar-refractivity contribution in [3.8, 4) is 0 Å². The van der Waals surface area contributed by atoms with E-state index in [4.69, 9.17) is 4.74 Å². The number of nitrogens with one attached hydrogen (secondary N) is 1. The number of unbranched alkanes of at least 4 members (excludes halogenated alkanes) is 5. The first-order valence-corrected chi connectivity index (χ1v) is 11.9. The molecule has 0 saturated heterocycles. The zero-order valence-electron chi connectivity index (χ0n) is 19.9. The summed E-state index contributed by atoms with van der Waals surface area (Å²) >= 11 is 0. The molecule has 1 aromatic carbocycles. The van der Waals surface area contributed by atoms with Gasteiger partial charge in [0, 0.05) is 0 Å². The summed E-state index contributed by atoms with van der Waals surface area (Å²) in [6.07, 6.45) is 11.5. The van der Waals surface area contributed by atoms with Gasteiger partial charge in [0.25, 0.3) is 0 Å². The lowest BCUT2D eigenvalue weighted by Gasteiger charge is -2.40. The van der Waals surface area contributed by atoms with E-state index in [0.717, 1.165) is 25.7 Å². The Hall–Kier alpha value is -1.55. The highest BCUT2D eigenvalue weighted by molar-refractivity contribution is 5.68. The third-order valence-corrected chi connectivity index (χ3v) is 6.33. The summed E-state index contributed by atoms with van der Waals surface area (Å²) in [5.74, 6) is 0.187. The van der Waals surface area contributed by atoms with Gasteiger partial charge in [-0.1, -0.05) is 57.2 Å². The van der Waals surface area contributed by atoms with Crippen molar-refractivity contribution in [2.75, 3.05) is 6.61 Å². The highest BCUT2D eigenvalue weighted by atomic mass is 16.6. The fraction of sp³-hybridized carbons (Fsp3) is 0.731. The highest BCUT2D eigenvalue weighted by Gasteiger charge is 2.38. The first-order chi connectivity index (χ1) is 14.2. The van der Waals surface area contributed by atoms with Crippen molar-refractivity contribution in [2.24, 2.45) is 5.92 Å². The van der Waals surface area contributed by atoms with Gasteiger partial charge in [-0.3, -0.25) is 0 Å². The van der Waals surface area contributed by atoms with Gasteiger partial charge in [0.15, 0.2) is 0 Å². The number of carbonyl (C=O) groups excluding carboxylic acids is 1. The molecule has 170 valence electrons. The molecule has 0 heterocycles. The van der Waals surface area contributed by atoms with Gasteiger partial charge >= 0.3 is 6.09 Å². The zero-order chi connectivity index (χ0) is 22.2. The van der Waals surface area contributed by atoms with E-state index in [-0.39, 0.29) is 12.5 Å². The zero-order valence-corrected chi connectivity index (χ0v) is 19.9. The Morgan fingerprint density at radius 2 is 1.80 bits per heavy atom. The summed E-state index contributed by atoms with van der Waals surface area (Å²) in [5, 5.41) is 13.0. The molecule has 0 saturated carbocycles. The number of benzene rings is 1. The van der Waals surface area contributed by atoms with Crippen molar-refractivity contribution in [1.82, 2.24) is 5.32 Å². The number of hydrogen-bond acceptors (Lipinski definition) is 3. The van der Waals surface area contributed by atoms with Gasteiger partial charge in [0.2, 0.25) is 0 Å². The molecule has 2 atom stereocenters. The maximum atomic E-state index is 12.3. The van der Waals surface area contributed by atoms with Crippen LogP contribution in [-0.4, -0.2) is 28.9 Å². The van der Waals surface area contributed by atoms with Crippen LogP contribution in [0.15, 0.2) is 18.2 Å². The minimum absolute atomic E-state index is 0.0949. The second kappa shape index (κ2) is 11.2. The van der Waals surface area contributed by atoms with Crippen LogP contribution >= 0.6 is 0 Å². The van der Waals surface area contributed by atoms with Crippen molar-refractivity contribution in [2.45, 2.75) is 110 Å². The number of aryl methyl sites for hydroxylation is 2. The van der Waals surface area contributed by atoms with Crippen LogP contribution in [0.1, 0.15) is 96.3 Å². The van der Waals surface area contributed by atoms with E-state index in [1.165, 1.54) is 55.2 Å². The van der Waals surface area contributed by atoms with Crippen LogP contribution in [0, 0.1) is 5.92 Å². The normalized spacial score (nSPS) is 18.4. The van der Waals surface area contributed by atoms with E-state index in [0.29, 0.717) is 0 Å². The molecule has 2 N–H and O–H groups in total. The predicted molar refractivity (Wildman–Crippen MR) is 124 cm³/mol. The summed E-state index contributed by atoms with van der Waals surface area (Å²) in [5.41, 5.74) is 3.00. The predicted octanol–water partition coefficient (Wildman–Crippen LogP) is 5.97. The summed E-state index contributed by atoms with van der Waals surface area (Å²) < 4.78 is 5.42. The number of aliphatic hydroxyl groups is 1. The standard InChI is InChI=1S/C26H43NO3/c1-6-7-8-9-10-11-12-20-13-14-22-18-23(16-15-21(22)17-20)26(5,19-28)27-24(29)30-25(2,3)4/h13-14,17,23,28H,6-12,15-16,18-19H2,1-5H3,(H,27,29). The highest BCUT2D eigenvalue weighted by Crippen LogP contribution is 2.33. The van der Waals surface area contributed by atoms with E-state index in [1.807, 2.05) is 27.7 Å². The molecule has 30 heavy (non-hydrogen) atoms. The Balaban J connectivity index is 1.93. The van der Waals surface area contributed by atoms with Crippen LogP contribution in [-0.2, 0) is 24.0 Å². The van der Waals surface area contributed by atoms with Crippen LogP contribution in [0.2, 0.25) is 0 Å². The van der Waals surface area contributed by atoms with Crippen molar-refractivity contribution < 1.29 is 14.6 Å². The first-order valence-electron chi connectivity index (χ1n) is 11.9. The van der Waals surface area contributed by atoms with Crippen LogP contribution in [0.25, 0.3) is 0 Å². The van der Waals surface area contributed by atoms with E-state index >= 15 is 0 Å². The molecule has 0 spiro atoms. The van der Waals surface area contributed by atoms with Gasteiger partial charge in [0.1, 0.15) is 5.60 Å². The van der Waals surface area contributed by atoms with Crippen LogP contribution in [0.5, 0.6) is 0 Å². The van der Waals surface area contributed by atoms with Gasteiger partial charge in [-0.25, -0.2) is 4.79 Å². The fourth-order valence-corrected chi connectivity index (χ4v) is 4.42. The summed E-state index contributed by atoms with van der Waals surface area (Å²) in [4.78, 5) is 12.3. The molecule has 0 aliphatic heterocycles. The average Bonchev–Trinajstić information content (AvgIpc) is 2.68. The lowest BCUT2D eigenvalue weighted by molar-refractivity contribution is 0.0322. The third kappa shape index (κ3) is 7.61. The second-order valence-electron chi connectivity index (χ2n) is 10.3. The Kier molecular flexibility index (Phi) is 9.21.